The standard InChI is InChI=1S/C31H36N8O3/c1-20-14-26(37-30(41)42-31(3,4)5)36-21(2)24(20)15-32-28-25-16-35-39(29(25)34-19-33-28)18-23-11-9-22(10-12-23)17-38-13-7-6-8-27(38)40/h6-14,19,35H,15-18H2,1-5H3,(H,32,33,34)(H,36,37,41). The molecule has 5 rings (SSSR count). The molecule has 11 nitrogen and oxygen atoms in total. The highest BCUT2D eigenvalue weighted by Gasteiger charge is 2.24. The second-order valence-electron chi connectivity index (χ2n) is 11.3. The molecular formula is C31H36N8O3. The Labute approximate surface area is 245 Å². The van der Waals surface area contributed by atoms with Gasteiger partial charge in [0.2, 0.25) is 0 Å². The van der Waals surface area contributed by atoms with Crippen molar-refractivity contribution >= 4 is 23.5 Å². The summed E-state index contributed by atoms with van der Waals surface area (Å²) in [4.78, 5) is 37.8. The summed E-state index contributed by atoms with van der Waals surface area (Å²) >= 11 is 0. The van der Waals surface area contributed by atoms with Crippen LogP contribution in [0.5, 0.6) is 0 Å². The van der Waals surface area contributed by atoms with Gasteiger partial charge in [0.1, 0.15) is 23.6 Å². The molecule has 0 spiro atoms. The number of nitrogens with zero attached hydrogens (tertiary/aromatic N) is 5. The van der Waals surface area contributed by atoms with Crippen LogP contribution < -0.4 is 26.6 Å². The average molecular weight is 569 g/mol. The number of amides is 1. The van der Waals surface area contributed by atoms with Crippen LogP contribution in [0.4, 0.5) is 22.2 Å². The van der Waals surface area contributed by atoms with Crippen LogP contribution >= 0.6 is 0 Å². The van der Waals surface area contributed by atoms with E-state index in [-0.39, 0.29) is 5.56 Å². The Kier molecular flexibility index (Phi) is 8.21. The number of rotatable bonds is 8. The van der Waals surface area contributed by atoms with E-state index in [2.05, 4.69) is 43.1 Å². The number of nitrogens with one attached hydrogen (secondary N) is 3. The molecular weight excluding hydrogens is 532 g/mol. The second kappa shape index (κ2) is 12.0. The van der Waals surface area contributed by atoms with E-state index in [9.17, 15) is 9.59 Å². The number of anilines is 3. The number of aryl methyl sites for hydroxylation is 2. The van der Waals surface area contributed by atoms with Crippen molar-refractivity contribution in [1.82, 2.24) is 24.9 Å². The number of carbonyl (C=O) groups excluding carboxylic acids is 1. The van der Waals surface area contributed by atoms with Crippen LogP contribution in [0.2, 0.25) is 0 Å². The Morgan fingerprint density at radius 3 is 2.48 bits per heavy atom. The third-order valence-corrected chi connectivity index (χ3v) is 6.86. The van der Waals surface area contributed by atoms with Crippen molar-refractivity contribution in [1.29, 1.82) is 0 Å². The maximum atomic E-state index is 12.2. The van der Waals surface area contributed by atoms with E-state index >= 15 is 0 Å². The molecule has 1 amide bonds. The molecule has 0 saturated carbocycles. The van der Waals surface area contributed by atoms with Crippen molar-refractivity contribution in [3.05, 3.63) is 105 Å². The van der Waals surface area contributed by atoms with Gasteiger partial charge in [-0.25, -0.2) is 25.2 Å². The van der Waals surface area contributed by atoms with Gasteiger partial charge in [-0.1, -0.05) is 30.3 Å². The van der Waals surface area contributed by atoms with Crippen molar-refractivity contribution in [3.8, 4) is 0 Å². The predicted octanol–water partition coefficient (Wildman–Crippen LogP) is 4.68. The van der Waals surface area contributed by atoms with Crippen LogP contribution in [0.25, 0.3) is 0 Å². The first-order valence-corrected chi connectivity index (χ1v) is 13.8. The molecule has 0 radical (unpaired) electrons. The number of fused-ring (bicyclic) bond motifs is 1. The van der Waals surface area contributed by atoms with Crippen molar-refractivity contribution in [2.24, 2.45) is 0 Å². The highest BCUT2D eigenvalue weighted by atomic mass is 16.6. The van der Waals surface area contributed by atoms with Gasteiger partial charge in [0.25, 0.3) is 5.56 Å². The lowest BCUT2D eigenvalue weighted by Gasteiger charge is -2.20. The maximum Gasteiger partial charge on any atom is 0.413 e. The molecule has 11 heteroatoms. The number of benzene rings is 1. The van der Waals surface area contributed by atoms with Gasteiger partial charge in [0.05, 0.1) is 18.7 Å². The number of carbonyl (C=O) groups is 1. The predicted molar refractivity (Wildman–Crippen MR) is 162 cm³/mol. The lowest BCUT2D eigenvalue weighted by molar-refractivity contribution is 0.0635. The summed E-state index contributed by atoms with van der Waals surface area (Å²) in [6.45, 7) is 11.6. The molecule has 3 N–H and O–H groups in total. The lowest BCUT2D eigenvalue weighted by atomic mass is 10.1. The minimum absolute atomic E-state index is 0.0163. The van der Waals surface area contributed by atoms with Crippen LogP contribution in [0.15, 0.2) is 65.8 Å². The number of hydrazine groups is 1. The summed E-state index contributed by atoms with van der Waals surface area (Å²) in [5, 5.41) is 8.19. The van der Waals surface area contributed by atoms with Crippen molar-refractivity contribution < 1.29 is 9.53 Å². The summed E-state index contributed by atoms with van der Waals surface area (Å²) in [6.07, 6.45) is 2.83. The molecule has 3 aromatic heterocycles. The number of aromatic nitrogens is 4. The van der Waals surface area contributed by atoms with Crippen LogP contribution in [0, 0.1) is 13.8 Å². The van der Waals surface area contributed by atoms with E-state index in [4.69, 9.17) is 4.74 Å². The third kappa shape index (κ3) is 6.92. The minimum atomic E-state index is -0.587. The van der Waals surface area contributed by atoms with Gasteiger partial charge < -0.3 is 14.6 Å². The highest BCUT2D eigenvalue weighted by Crippen LogP contribution is 2.29. The Hall–Kier alpha value is -4.77. The van der Waals surface area contributed by atoms with Gasteiger partial charge in [-0.3, -0.25) is 15.1 Å². The van der Waals surface area contributed by atoms with Gasteiger partial charge in [-0.15, -0.1) is 0 Å². The van der Waals surface area contributed by atoms with E-state index in [1.54, 1.807) is 29.2 Å². The van der Waals surface area contributed by atoms with E-state index in [1.165, 1.54) is 0 Å². The van der Waals surface area contributed by atoms with Gasteiger partial charge in [-0.05, 0) is 69.0 Å². The molecule has 0 atom stereocenters. The molecule has 0 saturated heterocycles. The van der Waals surface area contributed by atoms with Gasteiger partial charge in [-0.2, -0.15) is 0 Å². The first kappa shape index (κ1) is 28.7. The zero-order valence-corrected chi connectivity index (χ0v) is 24.6. The Balaban J connectivity index is 1.22. The Morgan fingerprint density at radius 2 is 1.79 bits per heavy atom. The monoisotopic (exact) mass is 568 g/mol. The number of hydrogen-bond acceptors (Lipinski definition) is 9. The van der Waals surface area contributed by atoms with Crippen LogP contribution in [-0.2, 0) is 30.9 Å². The smallest absolute Gasteiger partial charge is 0.413 e. The first-order valence-electron chi connectivity index (χ1n) is 13.8. The van der Waals surface area contributed by atoms with E-state index < -0.39 is 11.7 Å². The summed E-state index contributed by atoms with van der Waals surface area (Å²) in [5.74, 6) is 2.04. The lowest BCUT2D eigenvalue weighted by Crippen LogP contribution is -2.31. The normalized spacial score (nSPS) is 12.6. The summed E-state index contributed by atoms with van der Waals surface area (Å²) in [7, 11) is 0. The third-order valence-electron chi connectivity index (χ3n) is 6.86. The first-order chi connectivity index (χ1) is 20.1. The zero-order valence-electron chi connectivity index (χ0n) is 24.6. The molecule has 4 aromatic rings. The topological polar surface area (TPSA) is 126 Å². The van der Waals surface area contributed by atoms with E-state index in [0.29, 0.717) is 32.0 Å². The quantitative estimate of drug-likeness (QED) is 0.278. The van der Waals surface area contributed by atoms with Crippen molar-refractivity contribution in [3.63, 3.8) is 0 Å². The molecule has 1 aliphatic rings. The molecule has 0 unspecified atom stereocenters. The second-order valence-corrected chi connectivity index (χ2v) is 11.3. The molecule has 0 fully saturated rings. The summed E-state index contributed by atoms with van der Waals surface area (Å²) in [5.41, 5.74) is 8.80. The Bertz CT molecular complexity index is 1620. The minimum Gasteiger partial charge on any atom is -0.444 e. The van der Waals surface area contributed by atoms with E-state index in [1.807, 2.05) is 63.9 Å². The molecule has 42 heavy (non-hydrogen) atoms. The number of ether oxygens (including phenoxy) is 1. The molecule has 0 bridgehead atoms. The fourth-order valence-corrected chi connectivity index (χ4v) is 4.82. The van der Waals surface area contributed by atoms with Gasteiger partial charge in [0.15, 0.2) is 5.82 Å². The summed E-state index contributed by atoms with van der Waals surface area (Å²) < 4.78 is 7.03. The SMILES string of the molecule is Cc1cc(NC(=O)OC(C)(C)C)nc(C)c1CNc1ncnc2c1CNN2Cc1ccc(Cn2ccccc2=O)cc1. The van der Waals surface area contributed by atoms with E-state index in [0.717, 1.165) is 45.1 Å². The molecule has 1 aromatic carbocycles. The summed E-state index contributed by atoms with van der Waals surface area (Å²) in [6, 6.07) is 15.3. The fraction of sp³-hybridized carbons (Fsp3) is 0.323. The van der Waals surface area contributed by atoms with Crippen LogP contribution in [0.3, 0.4) is 0 Å². The maximum absolute atomic E-state index is 12.2. The molecule has 4 heterocycles. The van der Waals surface area contributed by atoms with Gasteiger partial charge in [0, 0.05) is 31.0 Å². The number of pyridine rings is 2. The highest BCUT2D eigenvalue weighted by molar-refractivity contribution is 5.83. The zero-order chi connectivity index (χ0) is 29.9. The van der Waals surface area contributed by atoms with Crippen LogP contribution in [-0.4, -0.2) is 31.2 Å². The van der Waals surface area contributed by atoms with Crippen LogP contribution in [0.1, 0.15) is 54.3 Å². The van der Waals surface area contributed by atoms with Crippen molar-refractivity contribution in [2.75, 3.05) is 15.6 Å². The molecule has 218 valence electrons. The average Bonchev–Trinajstić information content (AvgIpc) is 3.33. The fourth-order valence-electron chi connectivity index (χ4n) is 4.82. The van der Waals surface area contributed by atoms with Gasteiger partial charge >= 0.3 is 6.09 Å². The number of hydrogen-bond donors (Lipinski definition) is 3. The largest absolute Gasteiger partial charge is 0.444 e. The van der Waals surface area contributed by atoms with Crippen molar-refractivity contribution in [2.45, 2.75) is 66.4 Å². The molecule has 1 aliphatic heterocycles. The Morgan fingerprint density at radius 1 is 1.05 bits per heavy atom. The molecule has 0 aliphatic carbocycles.